The van der Waals surface area contributed by atoms with Crippen LogP contribution in [0.4, 0.5) is 0 Å². The molecule has 2 heterocycles. The first kappa shape index (κ1) is 12.0. The third-order valence-electron chi connectivity index (χ3n) is 3.23. The molecule has 1 saturated heterocycles. The molecule has 0 radical (unpaired) electrons. The van der Waals surface area contributed by atoms with Crippen molar-refractivity contribution < 1.29 is 14.3 Å². The van der Waals surface area contributed by atoms with Crippen LogP contribution >= 0.6 is 0 Å². The molecule has 100 valence electrons. The molecule has 1 fully saturated rings. The van der Waals surface area contributed by atoms with Gasteiger partial charge in [-0.2, -0.15) is 0 Å². The Morgan fingerprint density at radius 1 is 1.37 bits per heavy atom. The Kier molecular flexibility index (Phi) is 3.37. The molecular weight excluding hydrogens is 244 g/mol. The number of amides is 1. The second-order valence-corrected chi connectivity index (χ2v) is 4.64. The highest BCUT2D eigenvalue weighted by Crippen LogP contribution is 2.32. The van der Waals surface area contributed by atoms with E-state index in [0.717, 1.165) is 36.6 Å². The van der Waals surface area contributed by atoms with Gasteiger partial charge < -0.3 is 20.1 Å². The minimum atomic E-state index is -0.0635. The Labute approximate surface area is 111 Å². The lowest BCUT2D eigenvalue weighted by atomic mass is 10.2. The zero-order valence-electron chi connectivity index (χ0n) is 10.5. The molecule has 2 aliphatic rings. The summed E-state index contributed by atoms with van der Waals surface area (Å²) in [6, 6.07) is 5.85. The minimum Gasteiger partial charge on any atom is -0.454 e. The van der Waals surface area contributed by atoms with E-state index in [-0.39, 0.29) is 18.7 Å². The maximum atomic E-state index is 11.7. The maximum absolute atomic E-state index is 11.7. The van der Waals surface area contributed by atoms with Crippen molar-refractivity contribution in [2.24, 2.45) is 0 Å². The Hall–Kier alpha value is -2.01. The van der Waals surface area contributed by atoms with Crippen LogP contribution in [0.3, 0.4) is 0 Å². The largest absolute Gasteiger partial charge is 0.454 e. The molecule has 1 unspecified atom stereocenters. The van der Waals surface area contributed by atoms with E-state index in [1.54, 1.807) is 12.2 Å². The summed E-state index contributed by atoms with van der Waals surface area (Å²) < 4.78 is 10.5. The van der Waals surface area contributed by atoms with Crippen LogP contribution < -0.4 is 20.1 Å². The van der Waals surface area contributed by atoms with Crippen molar-refractivity contribution in [1.82, 2.24) is 10.6 Å². The van der Waals surface area contributed by atoms with Crippen molar-refractivity contribution in [3.63, 3.8) is 0 Å². The van der Waals surface area contributed by atoms with Crippen LogP contribution in [0.15, 0.2) is 24.3 Å². The first-order chi connectivity index (χ1) is 9.31. The van der Waals surface area contributed by atoms with E-state index in [4.69, 9.17) is 9.47 Å². The molecule has 0 bridgehead atoms. The molecule has 19 heavy (non-hydrogen) atoms. The number of nitrogens with one attached hydrogen (secondary N) is 2. The smallest absolute Gasteiger partial charge is 0.244 e. The number of carbonyl (C=O) groups excluding carboxylic acids is 1. The van der Waals surface area contributed by atoms with Crippen molar-refractivity contribution in [3.8, 4) is 11.5 Å². The molecule has 5 nitrogen and oxygen atoms in total. The summed E-state index contributed by atoms with van der Waals surface area (Å²) in [4.78, 5) is 11.7. The molecule has 0 saturated carbocycles. The van der Waals surface area contributed by atoms with E-state index in [2.05, 4.69) is 10.6 Å². The molecule has 2 N–H and O–H groups in total. The molecule has 5 heteroatoms. The van der Waals surface area contributed by atoms with Gasteiger partial charge in [-0.15, -0.1) is 0 Å². The van der Waals surface area contributed by atoms with Gasteiger partial charge in [0.05, 0.1) is 0 Å². The molecule has 2 aliphatic heterocycles. The Bertz CT molecular complexity index is 507. The second-order valence-electron chi connectivity index (χ2n) is 4.64. The van der Waals surface area contributed by atoms with Gasteiger partial charge in [0.1, 0.15) is 0 Å². The summed E-state index contributed by atoms with van der Waals surface area (Å²) in [6.07, 6.45) is 4.32. The fourth-order valence-corrected chi connectivity index (χ4v) is 2.22. The van der Waals surface area contributed by atoms with Crippen LogP contribution in [-0.2, 0) is 4.79 Å². The third kappa shape index (κ3) is 2.88. The molecule has 1 aromatic rings. The highest BCUT2D eigenvalue weighted by atomic mass is 16.7. The van der Waals surface area contributed by atoms with Crippen LogP contribution in [0.2, 0.25) is 0 Å². The summed E-state index contributed by atoms with van der Waals surface area (Å²) in [7, 11) is 0. The number of ether oxygens (including phenoxy) is 2. The van der Waals surface area contributed by atoms with Gasteiger partial charge in [-0.3, -0.25) is 4.79 Å². The normalized spacial score (nSPS) is 20.9. The van der Waals surface area contributed by atoms with E-state index >= 15 is 0 Å². The third-order valence-corrected chi connectivity index (χ3v) is 3.23. The zero-order chi connectivity index (χ0) is 13.1. The van der Waals surface area contributed by atoms with Crippen LogP contribution in [-0.4, -0.2) is 31.8 Å². The van der Waals surface area contributed by atoms with E-state index in [1.165, 1.54) is 0 Å². The average Bonchev–Trinajstić information content (AvgIpc) is 3.06. The van der Waals surface area contributed by atoms with Crippen LogP contribution in [0.1, 0.15) is 12.0 Å². The summed E-state index contributed by atoms with van der Waals surface area (Å²) >= 11 is 0. The maximum Gasteiger partial charge on any atom is 0.244 e. The number of fused-ring (bicyclic) bond motifs is 1. The van der Waals surface area contributed by atoms with Crippen molar-refractivity contribution in [2.75, 3.05) is 19.9 Å². The molecule has 1 amide bonds. The van der Waals surface area contributed by atoms with Gasteiger partial charge in [0.2, 0.25) is 12.7 Å². The monoisotopic (exact) mass is 260 g/mol. The molecule has 1 aromatic carbocycles. The fourth-order valence-electron chi connectivity index (χ4n) is 2.22. The first-order valence-corrected chi connectivity index (χ1v) is 6.40. The van der Waals surface area contributed by atoms with Gasteiger partial charge in [-0.1, -0.05) is 6.07 Å². The van der Waals surface area contributed by atoms with Crippen molar-refractivity contribution in [3.05, 3.63) is 29.8 Å². The van der Waals surface area contributed by atoms with Crippen LogP contribution in [0, 0.1) is 0 Å². The molecule has 1 atom stereocenters. The molecule has 0 aromatic heterocycles. The summed E-state index contributed by atoms with van der Waals surface area (Å²) in [5, 5.41) is 6.17. The van der Waals surface area contributed by atoms with Gasteiger partial charge in [0.25, 0.3) is 0 Å². The zero-order valence-corrected chi connectivity index (χ0v) is 10.5. The topological polar surface area (TPSA) is 59.6 Å². The van der Waals surface area contributed by atoms with Crippen molar-refractivity contribution in [1.29, 1.82) is 0 Å². The SMILES string of the molecule is O=C(C=Cc1ccc2c(c1)OCO2)NC1CCNC1. The number of hydrogen-bond donors (Lipinski definition) is 2. The molecule has 3 rings (SSSR count). The highest BCUT2D eigenvalue weighted by molar-refractivity contribution is 5.92. The van der Waals surface area contributed by atoms with Gasteiger partial charge in [-0.05, 0) is 36.7 Å². The van der Waals surface area contributed by atoms with Gasteiger partial charge in [0, 0.05) is 18.7 Å². The molecular formula is C14H16N2O3. The number of rotatable bonds is 3. The lowest BCUT2D eigenvalue weighted by molar-refractivity contribution is -0.117. The van der Waals surface area contributed by atoms with Crippen LogP contribution in [0.25, 0.3) is 6.08 Å². The van der Waals surface area contributed by atoms with E-state index in [9.17, 15) is 4.79 Å². The van der Waals surface area contributed by atoms with Crippen molar-refractivity contribution in [2.45, 2.75) is 12.5 Å². The molecule has 0 aliphatic carbocycles. The standard InChI is InChI=1S/C14H16N2O3/c17-14(16-11-5-6-15-8-11)4-2-10-1-3-12-13(7-10)19-9-18-12/h1-4,7,11,15H,5-6,8-9H2,(H,16,17). The predicted molar refractivity (Wildman–Crippen MR) is 71.0 cm³/mol. The summed E-state index contributed by atoms with van der Waals surface area (Å²) in [6.45, 7) is 2.08. The predicted octanol–water partition coefficient (Wildman–Crippen LogP) is 0.907. The number of carbonyl (C=O) groups is 1. The number of hydrogen-bond acceptors (Lipinski definition) is 4. The molecule has 0 spiro atoms. The Balaban J connectivity index is 1.60. The average molecular weight is 260 g/mol. The van der Waals surface area contributed by atoms with E-state index in [1.807, 2.05) is 18.2 Å². The summed E-state index contributed by atoms with van der Waals surface area (Å²) in [5.41, 5.74) is 0.920. The van der Waals surface area contributed by atoms with Gasteiger partial charge in [-0.25, -0.2) is 0 Å². The quantitative estimate of drug-likeness (QED) is 0.793. The van der Waals surface area contributed by atoms with E-state index < -0.39 is 0 Å². The van der Waals surface area contributed by atoms with Gasteiger partial charge >= 0.3 is 0 Å². The Morgan fingerprint density at radius 2 is 2.26 bits per heavy atom. The summed E-state index contributed by atoms with van der Waals surface area (Å²) in [5.74, 6) is 1.41. The lowest BCUT2D eigenvalue weighted by Gasteiger charge is -2.08. The second kappa shape index (κ2) is 5.32. The van der Waals surface area contributed by atoms with Crippen LogP contribution in [0.5, 0.6) is 11.5 Å². The van der Waals surface area contributed by atoms with Gasteiger partial charge in [0.15, 0.2) is 11.5 Å². The minimum absolute atomic E-state index is 0.0635. The highest BCUT2D eigenvalue weighted by Gasteiger charge is 2.15. The van der Waals surface area contributed by atoms with E-state index in [0.29, 0.717) is 0 Å². The Morgan fingerprint density at radius 3 is 3.11 bits per heavy atom. The number of benzene rings is 1. The first-order valence-electron chi connectivity index (χ1n) is 6.40. The fraction of sp³-hybridized carbons (Fsp3) is 0.357. The van der Waals surface area contributed by atoms with Crippen molar-refractivity contribution >= 4 is 12.0 Å². The lowest BCUT2D eigenvalue weighted by Crippen LogP contribution is -2.34.